The first kappa shape index (κ1) is 17.4. The number of halogens is 2. The van der Waals surface area contributed by atoms with Crippen LogP contribution in [0.1, 0.15) is 0 Å². The zero-order valence-corrected chi connectivity index (χ0v) is 16.1. The summed E-state index contributed by atoms with van der Waals surface area (Å²) in [4.78, 5) is 4.09. The quantitative estimate of drug-likeness (QED) is 0.462. The van der Waals surface area contributed by atoms with E-state index in [0.29, 0.717) is 15.6 Å². The van der Waals surface area contributed by atoms with Crippen LogP contribution in [0, 0.1) is 5.82 Å². The number of benzene rings is 2. The van der Waals surface area contributed by atoms with Gasteiger partial charge in [0.05, 0.1) is 10.2 Å². The van der Waals surface area contributed by atoms with Gasteiger partial charge < -0.3 is 0 Å². The third-order valence-electron chi connectivity index (χ3n) is 3.60. The largest absolute Gasteiger partial charge is 0.270 e. The number of hydrogen-bond donors (Lipinski definition) is 1. The van der Waals surface area contributed by atoms with Crippen molar-refractivity contribution in [1.82, 2.24) is 4.98 Å². The molecule has 132 valence electrons. The third kappa shape index (κ3) is 3.21. The van der Waals surface area contributed by atoms with Gasteiger partial charge in [-0.05, 0) is 41.8 Å². The van der Waals surface area contributed by atoms with Crippen molar-refractivity contribution in [1.29, 1.82) is 0 Å². The zero-order chi connectivity index (χ0) is 18.3. The highest BCUT2D eigenvalue weighted by Crippen LogP contribution is 2.38. The second-order valence-electron chi connectivity index (χ2n) is 5.33. The number of hydrogen-bond acceptors (Lipinski definition) is 5. The molecule has 0 aliphatic carbocycles. The summed E-state index contributed by atoms with van der Waals surface area (Å²) in [6.07, 6.45) is 0. The molecule has 4 rings (SSSR count). The lowest BCUT2D eigenvalue weighted by Gasteiger charge is -2.08. The lowest BCUT2D eigenvalue weighted by Crippen LogP contribution is -2.14. The molecule has 26 heavy (non-hydrogen) atoms. The van der Waals surface area contributed by atoms with Crippen LogP contribution in [0.25, 0.3) is 20.8 Å². The van der Waals surface area contributed by atoms with E-state index < -0.39 is 20.7 Å². The van der Waals surface area contributed by atoms with Gasteiger partial charge >= 0.3 is 0 Å². The van der Waals surface area contributed by atoms with Crippen molar-refractivity contribution >= 4 is 59.5 Å². The van der Waals surface area contributed by atoms with Crippen molar-refractivity contribution in [2.75, 3.05) is 4.72 Å². The Hall–Kier alpha value is -2.00. The second-order valence-corrected chi connectivity index (χ2v) is 9.36. The summed E-state index contributed by atoms with van der Waals surface area (Å²) in [6.45, 7) is 0. The average molecular weight is 425 g/mol. The molecule has 0 atom stereocenters. The van der Waals surface area contributed by atoms with Crippen molar-refractivity contribution in [3.63, 3.8) is 0 Å². The Morgan fingerprint density at radius 3 is 2.69 bits per heavy atom. The molecular weight excluding hydrogens is 415 g/mol. The van der Waals surface area contributed by atoms with Gasteiger partial charge in [-0.3, -0.25) is 4.72 Å². The van der Waals surface area contributed by atoms with E-state index in [0.717, 1.165) is 22.3 Å². The number of rotatable bonds is 4. The van der Waals surface area contributed by atoms with Crippen LogP contribution in [0.15, 0.2) is 58.8 Å². The highest BCUT2D eigenvalue weighted by Gasteiger charge is 2.22. The fraction of sp³-hybridized carbons (Fsp3) is 0. The first-order chi connectivity index (χ1) is 12.4. The van der Waals surface area contributed by atoms with Crippen molar-refractivity contribution in [2.45, 2.75) is 4.90 Å². The SMILES string of the molecule is O=S(=O)(Nc1sccc1-c1nc2ccccc2s1)c1ccc(Cl)cc1F. The molecule has 2 heterocycles. The second kappa shape index (κ2) is 6.62. The summed E-state index contributed by atoms with van der Waals surface area (Å²) in [6, 6.07) is 12.9. The van der Waals surface area contributed by atoms with Crippen molar-refractivity contribution in [3.05, 3.63) is 64.8 Å². The topological polar surface area (TPSA) is 59.1 Å². The molecule has 2 aromatic heterocycles. The smallest absolute Gasteiger partial charge is 0.265 e. The van der Waals surface area contributed by atoms with Gasteiger partial charge in [-0.15, -0.1) is 22.7 Å². The molecule has 4 nitrogen and oxygen atoms in total. The minimum atomic E-state index is -4.09. The number of thiazole rings is 1. The standard InChI is InChI=1S/C17H10ClFN2O2S3/c18-10-5-6-15(12(19)9-10)26(22,23)21-17-11(7-8-24-17)16-20-13-3-1-2-4-14(13)25-16/h1-9,21H. The summed E-state index contributed by atoms with van der Waals surface area (Å²) >= 11 is 8.37. The van der Waals surface area contributed by atoms with Gasteiger partial charge in [0.25, 0.3) is 10.0 Å². The number of para-hydroxylation sites is 1. The molecule has 0 radical (unpaired) electrons. The van der Waals surface area contributed by atoms with E-state index in [9.17, 15) is 12.8 Å². The minimum absolute atomic E-state index is 0.132. The van der Waals surface area contributed by atoms with Crippen molar-refractivity contribution in [2.24, 2.45) is 0 Å². The Morgan fingerprint density at radius 2 is 1.92 bits per heavy atom. The van der Waals surface area contributed by atoms with Gasteiger partial charge in [0.1, 0.15) is 20.7 Å². The molecule has 0 saturated carbocycles. The predicted octanol–water partition coefficient (Wildman–Crippen LogP) is 5.62. The Labute approximate surface area is 162 Å². The first-order valence-electron chi connectivity index (χ1n) is 7.35. The van der Waals surface area contributed by atoms with E-state index in [1.54, 1.807) is 11.4 Å². The Morgan fingerprint density at radius 1 is 1.12 bits per heavy atom. The highest BCUT2D eigenvalue weighted by atomic mass is 35.5. The van der Waals surface area contributed by atoms with E-state index in [-0.39, 0.29) is 5.02 Å². The molecule has 0 amide bonds. The molecule has 0 aliphatic rings. The number of nitrogens with one attached hydrogen (secondary N) is 1. The number of thiophene rings is 1. The number of fused-ring (bicyclic) bond motifs is 1. The predicted molar refractivity (Wildman–Crippen MR) is 105 cm³/mol. The van der Waals surface area contributed by atoms with E-state index in [1.165, 1.54) is 28.7 Å². The summed E-state index contributed by atoms with van der Waals surface area (Å²) < 4.78 is 42.7. The van der Waals surface area contributed by atoms with Gasteiger partial charge in [-0.25, -0.2) is 17.8 Å². The van der Waals surface area contributed by atoms with Gasteiger partial charge in [-0.2, -0.15) is 0 Å². The first-order valence-corrected chi connectivity index (χ1v) is 10.9. The maximum Gasteiger partial charge on any atom is 0.265 e. The molecule has 2 aromatic carbocycles. The molecule has 0 bridgehead atoms. The molecule has 0 unspecified atom stereocenters. The highest BCUT2D eigenvalue weighted by molar-refractivity contribution is 7.93. The molecule has 9 heteroatoms. The molecule has 0 spiro atoms. The number of aromatic nitrogens is 1. The van der Waals surface area contributed by atoms with Crippen molar-refractivity contribution < 1.29 is 12.8 Å². The summed E-state index contributed by atoms with van der Waals surface area (Å²) in [5.74, 6) is -0.900. The average Bonchev–Trinajstić information content (AvgIpc) is 3.19. The van der Waals surface area contributed by atoms with Crippen LogP contribution in [-0.4, -0.2) is 13.4 Å². The summed E-state index contributed by atoms with van der Waals surface area (Å²) in [7, 11) is -4.09. The normalized spacial score (nSPS) is 11.8. The number of anilines is 1. The molecule has 4 aromatic rings. The van der Waals surface area contributed by atoms with Crippen molar-refractivity contribution in [3.8, 4) is 10.6 Å². The van der Waals surface area contributed by atoms with Crippen LogP contribution in [0.5, 0.6) is 0 Å². The monoisotopic (exact) mass is 424 g/mol. The van der Waals surface area contributed by atoms with Gasteiger partial charge in [-0.1, -0.05) is 23.7 Å². The molecule has 0 aliphatic heterocycles. The van der Waals surface area contributed by atoms with E-state index in [4.69, 9.17) is 11.6 Å². The lowest BCUT2D eigenvalue weighted by molar-refractivity contribution is 0.570. The Balaban J connectivity index is 1.73. The summed E-state index contributed by atoms with van der Waals surface area (Å²) in [5, 5.41) is 2.98. The molecule has 1 N–H and O–H groups in total. The Bertz CT molecular complexity index is 1180. The van der Waals surface area contributed by atoms with Crippen LogP contribution in [-0.2, 0) is 10.0 Å². The minimum Gasteiger partial charge on any atom is -0.270 e. The van der Waals surface area contributed by atoms with Crippen LogP contribution in [0.4, 0.5) is 9.39 Å². The Kier molecular flexibility index (Phi) is 4.44. The zero-order valence-electron chi connectivity index (χ0n) is 12.9. The fourth-order valence-electron chi connectivity index (χ4n) is 2.41. The molecule has 0 saturated heterocycles. The lowest BCUT2D eigenvalue weighted by atomic mass is 10.3. The third-order valence-corrected chi connectivity index (χ3v) is 7.25. The fourth-order valence-corrected chi connectivity index (χ4v) is 5.82. The van der Waals surface area contributed by atoms with E-state index in [1.807, 2.05) is 24.3 Å². The van der Waals surface area contributed by atoms with Crippen LogP contribution in [0.3, 0.4) is 0 Å². The van der Waals surface area contributed by atoms with Gasteiger partial charge in [0.2, 0.25) is 0 Å². The van der Waals surface area contributed by atoms with E-state index in [2.05, 4.69) is 9.71 Å². The van der Waals surface area contributed by atoms with Gasteiger partial charge in [0.15, 0.2) is 0 Å². The number of nitrogens with zero attached hydrogens (tertiary/aromatic N) is 1. The van der Waals surface area contributed by atoms with Crippen LogP contribution in [0.2, 0.25) is 5.02 Å². The van der Waals surface area contributed by atoms with E-state index >= 15 is 0 Å². The van der Waals surface area contributed by atoms with Gasteiger partial charge in [0, 0.05) is 10.6 Å². The maximum absolute atomic E-state index is 14.0. The molecular formula is C17H10ClFN2O2S3. The van der Waals surface area contributed by atoms with Crippen LogP contribution < -0.4 is 4.72 Å². The van der Waals surface area contributed by atoms with Crippen LogP contribution >= 0.6 is 34.3 Å². The maximum atomic E-state index is 14.0. The molecule has 0 fully saturated rings. The summed E-state index contributed by atoms with van der Waals surface area (Å²) in [5.41, 5.74) is 1.50. The number of sulfonamides is 1.